The summed E-state index contributed by atoms with van der Waals surface area (Å²) in [5.41, 5.74) is 4.58. The van der Waals surface area contributed by atoms with E-state index in [4.69, 9.17) is 12.2 Å². The number of rotatable bonds is 2. The van der Waals surface area contributed by atoms with Gasteiger partial charge in [0, 0.05) is 19.3 Å². The molecule has 0 aromatic carbocycles. The van der Waals surface area contributed by atoms with Gasteiger partial charge in [0.15, 0.2) is 5.11 Å². The van der Waals surface area contributed by atoms with Gasteiger partial charge in [0.2, 0.25) is 0 Å². The lowest BCUT2D eigenvalue weighted by molar-refractivity contribution is 0.428. The number of hydrogen-bond donors (Lipinski definition) is 1. The summed E-state index contributed by atoms with van der Waals surface area (Å²) in [6.07, 6.45) is 8.22. The highest BCUT2D eigenvalue weighted by molar-refractivity contribution is 7.80. The summed E-state index contributed by atoms with van der Waals surface area (Å²) in [5.74, 6) is 0. The second-order valence-corrected chi connectivity index (χ2v) is 5.00. The minimum absolute atomic E-state index is 0.704. The van der Waals surface area contributed by atoms with E-state index in [1.54, 1.807) is 6.20 Å². The van der Waals surface area contributed by atoms with Crippen molar-refractivity contribution in [3.05, 3.63) is 24.3 Å². The van der Waals surface area contributed by atoms with E-state index in [-0.39, 0.29) is 0 Å². The SMILES string of the molecule is C/C(=N\NC(=S)N1CCCCCC1)c1ccncn1. The number of thiocarbonyl (C=S) groups is 1. The van der Waals surface area contributed by atoms with Gasteiger partial charge in [-0.1, -0.05) is 12.8 Å². The molecule has 6 heteroatoms. The molecule has 1 aromatic heterocycles. The van der Waals surface area contributed by atoms with Crippen LogP contribution in [0.3, 0.4) is 0 Å². The minimum atomic E-state index is 0.704. The van der Waals surface area contributed by atoms with Gasteiger partial charge in [-0.2, -0.15) is 5.10 Å². The Morgan fingerprint density at radius 1 is 1.32 bits per heavy atom. The van der Waals surface area contributed by atoms with Crippen LogP contribution < -0.4 is 5.43 Å². The summed E-state index contributed by atoms with van der Waals surface area (Å²) in [6.45, 7) is 3.95. The lowest BCUT2D eigenvalue weighted by Gasteiger charge is -2.22. The van der Waals surface area contributed by atoms with Gasteiger partial charge >= 0.3 is 0 Å². The highest BCUT2D eigenvalue weighted by atomic mass is 32.1. The van der Waals surface area contributed by atoms with Crippen LogP contribution in [0.15, 0.2) is 23.7 Å². The first-order valence-electron chi connectivity index (χ1n) is 6.63. The number of hydrazone groups is 1. The van der Waals surface area contributed by atoms with Crippen LogP contribution in [0.1, 0.15) is 38.3 Å². The van der Waals surface area contributed by atoms with Crippen LogP contribution in [-0.4, -0.2) is 38.8 Å². The Kier molecular flexibility index (Phi) is 5.20. The third-order valence-electron chi connectivity index (χ3n) is 3.17. The predicted molar refractivity (Wildman–Crippen MR) is 80.0 cm³/mol. The molecule has 1 N–H and O–H groups in total. The van der Waals surface area contributed by atoms with Gasteiger partial charge in [-0.25, -0.2) is 9.97 Å². The molecule has 0 amide bonds. The Balaban J connectivity index is 1.91. The average molecular weight is 277 g/mol. The smallest absolute Gasteiger partial charge is 0.189 e. The fourth-order valence-corrected chi connectivity index (χ4v) is 2.27. The molecular weight excluding hydrogens is 258 g/mol. The molecule has 1 aliphatic heterocycles. The topological polar surface area (TPSA) is 53.4 Å². The van der Waals surface area contributed by atoms with Crippen molar-refractivity contribution in [2.75, 3.05) is 13.1 Å². The first-order chi connectivity index (χ1) is 9.27. The molecule has 2 heterocycles. The molecule has 2 rings (SSSR count). The number of likely N-dealkylation sites (tertiary alicyclic amines) is 1. The Labute approximate surface area is 119 Å². The van der Waals surface area contributed by atoms with Crippen LogP contribution in [0.2, 0.25) is 0 Å². The zero-order chi connectivity index (χ0) is 13.5. The quantitative estimate of drug-likeness (QED) is 0.509. The molecule has 102 valence electrons. The molecule has 0 spiro atoms. The van der Waals surface area contributed by atoms with E-state index in [1.807, 2.05) is 13.0 Å². The molecule has 0 saturated carbocycles. The van der Waals surface area contributed by atoms with Crippen molar-refractivity contribution in [3.8, 4) is 0 Å². The van der Waals surface area contributed by atoms with Crippen molar-refractivity contribution in [1.29, 1.82) is 0 Å². The monoisotopic (exact) mass is 277 g/mol. The molecule has 0 radical (unpaired) electrons. The number of hydrogen-bond acceptors (Lipinski definition) is 4. The highest BCUT2D eigenvalue weighted by Gasteiger charge is 2.11. The van der Waals surface area contributed by atoms with Crippen molar-refractivity contribution in [1.82, 2.24) is 20.3 Å². The van der Waals surface area contributed by atoms with Crippen molar-refractivity contribution >= 4 is 23.0 Å². The largest absolute Gasteiger partial charge is 0.348 e. The summed E-state index contributed by atoms with van der Waals surface area (Å²) in [6, 6.07) is 1.83. The van der Waals surface area contributed by atoms with Crippen molar-refractivity contribution < 1.29 is 0 Å². The van der Waals surface area contributed by atoms with Crippen LogP contribution in [0.4, 0.5) is 0 Å². The van der Waals surface area contributed by atoms with Gasteiger partial charge in [0.1, 0.15) is 6.33 Å². The molecule has 0 atom stereocenters. The third kappa shape index (κ3) is 4.24. The van der Waals surface area contributed by atoms with Gasteiger partial charge in [0.25, 0.3) is 0 Å². The van der Waals surface area contributed by atoms with E-state index in [0.29, 0.717) is 5.11 Å². The van der Waals surface area contributed by atoms with Crippen LogP contribution in [0.5, 0.6) is 0 Å². The molecule has 0 bridgehead atoms. The average Bonchev–Trinajstić information content (AvgIpc) is 2.74. The van der Waals surface area contributed by atoms with Crippen molar-refractivity contribution in [2.45, 2.75) is 32.6 Å². The molecule has 5 nitrogen and oxygen atoms in total. The summed E-state index contributed by atoms with van der Waals surface area (Å²) in [7, 11) is 0. The summed E-state index contributed by atoms with van der Waals surface area (Å²) in [5, 5.41) is 5.00. The van der Waals surface area contributed by atoms with E-state index in [2.05, 4.69) is 25.4 Å². The van der Waals surface area contributed by atoms with Crippen molar-refractivity contribution in [3.63, 3.8) is 0 Å². The van der Waals surface area contributed by atoms with E-state index in [0.717, 1.165) is 24.5 Å². The van der Waals surface area contributed by atoms with E-state index >= 15 is 0 Å². The van der Waals surface area contributed by atoms with Crippen LogP contribution >= 0.6 is 12.2 Å². The van der Waals surface area contributed by atoms with E-state index < -0.39 is 0 Å². The van der Waals surface area contributed by atoms with Crippen LogP contribution in [0, 0.1) is 0 Å². The van der Waals surface area contributed by atoms with Crippen LogP contribution in [0.25, 0.3) is 0 Å². The van der Waals surface area contributed by atoms with Gasteiger partial charge in [-0.3, -0.25) is 5.43 Å². The fourth-order valence-electron chi connectivity index (χ4n) is 2.04. The summed E-state index contributed by atoms with van der Waals surface area (Å²) < 4.78 is 0. The first-order valence-corrected chi connectivity index (χ1v) is 7.04. The maximum atomic E-state index is 5.38. The standard InChI is InChI=1S/C13H19N5S/c1-11(12-6-7-14-10-15-12)16-17-13(19)18-8-4-2-3-5-9-18/h6-7,10H,2-5,8-9H2,1H3,(H,17,19)/b16-11+. The Bertz CT molecular complexity index is 438. The lowest BCUT2D eigenvalue weighted by atomic mass is 10.2. The first kappa shape index (κ1) is 13.9. The zero-order valence-corrected chi connectivity index (χ0v) is 12.0. The van der Waals surface area contributed by atoms with Gasteiger partial charge in [0.05, 0.1) is 11.4 Å². The number of aromatic nitrogens is 2. The number of nitrogens with zero attached hydrogens (tertiary/aromatic N) is 4. The predicted octanol–water partition coefficient (Wildman–Crippen LogP) is 1.95. The number of nitrogens with one attached hydrogen (secondary N) is 1. The Morgan fingerprint density at radius 2 is 2.05 bits per heavy atom. The lowest BCUT2D eigenvalue weighted by Crippen LogP contribution is -2.38. The van der Waals surface area contributed by atoms with Crippen molar-refractivity contribution in [2.24, 2.45) is 5.10 Å². The minimum Gasteiger partial charge on any atom is -0.348 e. The third-order valence-corrected chi connectivity index (χ3v) is 3.51. The second kappa shape index (κ2) is 7.13. The normalized spacial score (nSPS) is 16.9. The molecule has 0 aliphatic carbocycles. The molecule has 1 saturated heterocycles. The van der Waals surface area contributed by atoms with E-state index in [1.165, 1.54) is 32.0 Å². The maximum absolute atomic E-state index is 5.38. The van der Waals surface area contributed by atoms with Crippen LogP contribution in [-0.2, 0) is 0 Å². The summed E-state index contributed by atoms with van der Waals surface area (Å²) >= 11 is 5.38. The molecule has 1 aliphatic rings. The van der Waals surface area contributed by atoms with Gasteiger partial charge in [-0.15, -0.1) is 0 Å². The molecule has 1 fully saturated rings. The van der Waals surface area contributed by atoms with Gasteiger partial charge < -0.3 is 4.90 Å². The molecular formula is C13H19N5S. The second-order valence-electron chi connectivity index (χ2n) is 4.61. The molecule has 1 aromatic rings. The molecule has 19 heavy (non-hydrogen) atoms. The Morgan fingerprint density at radius 3 is 2.68 bits per heavy atom. The maximum Gasteiger partial charge on any atom is 0.189 e. The van der Waals surface area contributed by atoms with Gasteiger partial charge in [-0.05, 0) is 38.0 Å². The van der Waals surface area contributed by atoms with E-state index in [9.17, 15) is 0 Å². The fraction of sp³-hybridized carbons (Fsp3) is 0.538. The Hall–Kier alpha value is -1.56. The zero-order valence-electron chi connectivity index (χ0n) is 11.2. The molecule has 0 unspecified atom stereocenters. The summed E-state index contributed by atoms with van der Waals surface area (Å²) in [4.78, 5) is 10.2. The highest BCUT2D eigenvalue weighted by Crippen LogP contribution is 2.09.